The molecule has 0 N–H and O–H groups in total. The van der Waals surface area contributed by atoms with Crippen molar-refractivity contribution in [3.05, 3.63) is 34.9 Å². The average Bonchev–Trinajstić information content (AvgIpc) is 2.40. The van der Waals surface area contributed by atoms with Gasteiger partial charge >= 0.3 is 0 Å². The van der Waals surface area contributed by atoms with Gasteiger partial charge < -0.3 is 4.90 Å². The van der Waals surface area contributed by atoms with Crippen molar-refractivity contribution in [1.29, 1.82) is 0 Å². The summed E-state index contributed by atoms with van der Waals surface area (Å²) in [6.45, 7) is 0.811. The number of amides is 1. The maximum absolute atomic E-state index is 12.5. The summed E-state index contributed by atoms with van der Waals surface area (Å²) in [5, 5.41) is 0.526. The molecule has 2 nitrogen and oxygen atoms in total. The number of benzene rings is 1. The number of piperidine rings is 1. The van der Waals surface area contributed by atoms with Crippen LogP contribution in [-0.2, 0) is 0 Å². The molecule has 0 saturated carbocycles. The van der Waals surface area contributed by atoms with Crippen LogP contribution < -0.4 is 0 Å². The molecule has 1 aliphatic rings. The maximum atomic E-state index is 12.5. The normalized spacial score (nSPS) is 19.9. The minimum Gasteiger partial charge on any atom is -0.336 e. The third kappa shape index (κ3) is 2.99. The van der Waals surface area contributed by atoms with Gasteiger partial charge in [0, 0.05) is 18.5 Å². The first-order valence-electron chi connectivity index (χ1n) is 6.35. The van der Waals surface area contributed by atoms with Crippen LogP contribution in [0.15, 0.2) is 24.3 Å². The van der Waals surface area contributed by atoms with Gasteiger partial charge in [0.25, 0.3) is 5.91 Å². The van der Waals surface area contributed by atoms with Crippen molar-refractivity contribution >= 4 is 29.1 Å². The van der Waals surface area contributed by atoms with E-state index in [0.717, 1.165) is 25.8 Å². The predicted molar refractivity (Wildman–Crippen MR) is 75.5 cm³/mol. The Labute approximate surface area is 118 Å². The van der Waals surface area contributed by atoms with Gasteiger partial charge in [-0.3, -0.25) is 4.79 Å². The molecule has 1 atom stereocenters. The third-order valence-corrected chi connectivity index (χ3v) is 3.98. The number of halogens is 2. The van der Waals surface area contributed by atoms with Crippen LogP contribution in [-0.4, -0.2) is 29.3 Å². The average molecular weight is 286 g/mol. The van der Waals surface area contributed by atoms with E-state index in [1.165, 1.54) is 6.42 Å². The van der Waals surface area contributed by atoms with Crippen molar-refractivity contribution in [3.63, 3.8) is 0 Å². The molecule has 1 saturated heterocycles. The quantitative estimate of drug-likeness (QED) is 0.770. The summed E-state index contributed by atoms with van der Waals surface area (Å²) in [7, 11) is 0. The fraction of sp³-hybridized carbons (Fsp3) is 0.500. The third-order valence-electron chi connectivity index (χ3n) is 3.43. The van der Waals surface area contributed by atoms with Crippen molar-refractivity contribution < 1.29 is 4.79 Å². The van der Waals surface area contributed by atoms with Crippen molar-refractivity contribution in [2.24, 2.45) is 0 Å². The SMILES string of the molecule is O=C(c1ccccc1Cl)N1CCCCC1CCCl. The molecule has 0 spiro atoms. The molecule has 1 fully saturated rings. The van der Waals surface area contributed by atoms with E-state index in [1.807, 2.05) is 17.0 Å². The predicted octanol–water partition coefficient (Wildman–Crippen LogP) is 3.96. The number of hydrogen-bond donors (Lipinski definition) is 0. The Morgan fingerprint density at radius 1 is 1.33 bits per heavy atom. The van der Waals surface area contributed by atoms with E-state index in [-0.39, 0.29) is 11.9 Å². The molecule has 1 heterocycles. The topological polar surface area (TPSA) is 20.3 Å². The number of carbonyl (C=O) groups is 1. The van der Waals surface area contributed by atoms with Crippen LogP contribution in [0.1, 0.15) is 36.0 Å². The number of likely N-dealkylation sites (tertiary alicyclic amines) is 1. The van der Waals surface area contributed by atoms with Gasteiger partial charge in [-0.15, -0.1) is 11.6 Å². The Morgan fingerprint density at radius 3 is 2.83 bits per heavy atom. The van der Waals surface area contributed by atoms with E-state index < -0.39 is 0 Å². The molecular formula is C14H17Cl2NO. The van der Waals surface area contributed by atoms with Crippen LogP contribution >= 0.6 is 23.2 Å². The fourth-order valence-corrected chi connectivity index (χ4v) is 2.95. The van der Waals surface area contributed by atoms with Crippen molar-refractivity contribution in [3.8, 4) is 0 Å². The van der Waals surface area contributed by atoms with Gasteiger partial charge in [0.1, 0.15) is 0 Å². The van der Waals surface area contributed by atoms with Crippen molar-refractivity contribution in [1.82, 2.24) is 4.90 Å². The summed E-state index contributed by atoms with van der Waals surface area (Å²) >= 11 is 11.9. The van der Waals surface area contributed by atoms with E-state index in [4.69, 9.17) is 23.2 Å². The van der Waals surface area contributed by atoms with Crippen LogP contribution in [0, 0.1) is 0 Å². The molecular weight excluding hydrogens is 269 g/mol. The van der Waals surface area contributed by atoms with Gasteiger partial charge in [0.15, 0.2) is 0 Å². The zero-order chi connectivity index (χ0) is 13.0. The monoisotopic (exact) mass is 285 g/mol. The summed E-state index contributed by atoms with van der Waals surface area (Å²) in [5.41, 5.74) is 0.598. The molecule has 18 heavy (non-hydrogen) atoms. The van der Waals surface area contributed by atoms with Crippen molar-refractivity contribution in [2.75, 3.05) is 12.4 Å². The fourth-order valence-electron chi connectivity index (χ4n) is 2.48. The first-order valence-corrected chi connectivity index (χ1v) is 7.26. The molecule has 0 aromatic heterocycles. The van der Waals surface area contributed by atoms with E-state index in [1.54, 1.807) is 12.1 Å². The number of carbonyl (C=O) groups excluding carboxylic acids is 1. The number of nitrogens with zero attached hydrogens (tertiary/aromatic N) is 1. The molecule has 0 radical (unpaired) electrons. The number of hydrogen-bond acceptors (Lipinski definition) is 1. The van der Waals surface area contributed by atoms with Gasteiger partial charge in [-0.2, -0.15) is 0 Å². The van der Waals surface area contributed by atoms with E-state index in [2.05, 4.69) is 0 Å². The summed E-state index contributed by atoms with van der Waals surface area (Å²) in [6, 6.07) is 7.50. The van der Waals surface area contributed by atoms with E-state index in [9.17, 15) is 4.79 Å². The lowest BCUT2D eigenvalue weighted by Crippen LogP contribution is -2.44. The van der Waals surface area contributed by atoms with Crippen LogP contribution in [0.25, 0.3) is 0 Å². The Morgan fingerprint density at radius 2 is 2.11 bits per heavy atom. The Balaban J connectivity index is 2.18. The molecule has 4 heteroatoms. The smallest absolute Gasteiger partial charge is 0.255 e. The zero-order valence-corrected chi connectivity index (χ0v) is 11.8. The second-order valence-electron chi connectivity index (χ2n) is 4.61. The Kier molecular flexibility index (Phi) is 4.90. The lowest BCUT2D eigenvalue weighted by atomic mass is 9.99. The molecule has 0 aliphatic carbocycles. The maximum Gasteiger partial charge on any atom is 0.255 e. The zero-order valence-electron chi connectivity index (χ0n) is 10.2. The molecule has 1 aromatic carbocycles. The highest BCUT2D eigenvalue weighted by molar-refractivity contribution is 6.33. The molecule has 2 rings (SSSR count). The van der Waals surface area contributed by atoms with E-state index in [0.29, 0.717) is 16.5 Å². The first-order chi connectivity index (χ1) is 8.74. The van der Waals surface area contributed by atoms with Gasteiger partial charge in [-0.1, -0.05) is 23.7 Å². The number of rotatable bonds is 3. The Hall–Kier alpha value is -0.730. The molecule has 1 aromatic rings. The van der Waals surface area contributed by atoms with Crippen LogP contribution in [0.4, 0.5) is 0 Å². The highest BCUT2D eigenvalue weighted by Crippen LogP contribution is 2.25. The molecule has 98 valence electrons. The van der Waals surface area contributed by atoms with Crippen molar-refractivity contribution in [2.45, 2.75) is 31.7 Å². The summed E-state index contributed by atoms with van der Waals surface area (Å²) in [5.74, 6) is 0.632. The highest BCUT2D eigenvalue weighted by atomic mass is 35.5. The largest absolute Gasteiger partial charge is 0.336 e. The minimum atomic E-state index is 0.0374. The molecule has 1 amide bonds. The van der Waals surface area contributed by atoms with Crippen LogP contribution in [0.3, 0.4) is 0 Å². The summed E-state index contributed by atoms with van der Waals surface area (Å²) < 4.78 is 0. The summed E-state index contributed by atoms with van der Waals surface area (Å²) in [6.07, 6.45) is 4.14. The molecule has 1 unspecified atom stereocenters. The molecule has 0 bridgehead atoms. The lowest BCUT2D eigenvalue weighted by molar-refractivity contribution is 0.0609. The summed E-state index contributed by atoms with van der Waals surface area (Å²) in [4.78, 5) is 14.4. The second-order valence-corrected chi connectivity index (χ2v) is 5.39. The van der Waals surface area contributed by atoms with Gasteiger partial charge in [0.2, 0.25) is 0 Å². The van der Waals surface area contributed by atoms with Crippen LogP contribution in [0.5, 0.6) is 0 Å². The van der Waals surface area contributed by atoms with Gasteiger partial charge in [0.05, 0.1) is 10.6 Å². The van der Waals surface area contributed by atoms with Gasteiger partial charge in [-0.25, -0.2) is 0 Å². The highest BCUT2D eigenvalue weighted by Gasteiger charge is 2.27. The van der Waals surface area contributed by atoms with Gasteiger partial charge in [-0.05, 0) is 37.8 Å². The van der Waals surface area contributed by atoms with Crippen LogP contribution in [0.2, 0.25) is 5.02 Å². The molecule has 1 aliphatic heterocycles. The standard InChI is InChI=1S/C14H17Cl2NO/c15-9-8-11-5-3-4-10-17(11)14(18)12-6-1-2-7-13(12)16/h1-2,6-7,11H,3-5,8-10H2. The minimum absolute atomic E-state index is 0.0374. The lowest BCUT2D eigenvalue weighted by Gasteiger charge is -2.35. The number of alkyl halides is 1. The Bertz CT molecular complexity index is 420. The second kappa shape index (κ2) is 6.44. The van der Waals surface area contributed by atoms with E-state index >= 15 is 0 Å². The first kappa shape index (κ1) is 13.7.